The molecule has 0 unspecified atom stereocenters. The van der Waals surface area contributed by atoms with Gasteiger partial charge in [0.05, 0.1) is 7.11 Å². The molecule has 2 aromatic rings. The summed E-state index contributed by atoms with van der Waals surface area (Å²) in [5.41, 5.74) is 1.41. The Morgan fingerprint density at radius 3 is 2.65 bits per heavy atom. The smallest absolute Gasteiger partial charge is 0.313 e. The zero-order valence-electron chi connectivity index (χ0n) is 9.65. The van der Waals surface area contributed by atoms with E-state index in [9.17, 15) is 9.59 Å². The molecule has 4 nitrogen and oxygen atoms in total. The molecule has 0 N–H and O–H groups in total. The van der Waals surface area contributed by atoms with Gasteiger partial charge in [-0.2, -0.15) is 0 Å². The van der Waals surface area contributed by atoms with Gasteiger partial charge in [-0.05, 0) is 13.0 Å². The Labute approximate surface area is 98.2 Å². The van der Waals surface area contributed by atoms with Crippen molar-refractivity contribution in [1.29, 1.82) is 0 Å². The van der Waals surface area contributed by atoms with Crippen LogP contribution in [0.1, 0.15) is 22.5 Å². The van der Waals surface area contributed by atoms with E-state index >= 15 is 0 Å². The van der Waals surface area contributed by atoms with Crippen LogP contribution in [0.4, 0.5) is 0 Å². The minimum atomic E-state index is -0.560. The van der Waals surface area contributed by atoms with E-state index in [4.69, 9.17) is 4.42 Å². The van der Waals surface area contributed by atoms with Crippen LogP contribution in [0.5, 0.6) is 0 Å². The minimum absolute atomic E-state index is 0.233. The highest BCUT2D eigenvalue weighted by atomic mass is 16.5. The number of furan rings is 1. The standard InChI is InChI=1S/C13H12O4/c1-8-9-5-3-4-6-11(9)17-13(8)10(14)7-12(15)16-2/h3-6H,7H2,1-2H3. The van der Waals surface area contributed by atoms with Crippen molar-refractivity contribution < 1.29 is 18.7 Å². The topological polar surface area (TPSA) is 56.5 Å². The first-order chi connectivity index (χ1) is 8.13. The molecule has 0 spiro atoms. The molecule has 0 bridgehead atoms. The number of ether oxygens (including phenoxy) is 1. The first kappa shape index (κ1) is 11.4. The maximum atomic E-state index is 11.8. The zero-order chi connectivity index (χ0) is 12.4. The molecule has 1 aromatic heterocycles. The van der Waals surface area contributed by atoms with E-state index < -0.39 is 5.97 Å². The molecule has 0 fully saturated rings. The van der Waals surface area contributed by atoms with E-state index in [0.29, 0.717) is 5.58 Å². The normalized spacial score (nSPS) is 10.5. The number of Topliss-reactive ketones (excluding diaryl/α,β-unsaturated/α-hetero) is 1. The van der Waals surface area contributed by atoms with Crippen LogP contribution >= 0.6 is 0 Å². The fourth-order valence-corrected chi connectivity index (χ4v) is 1.72. The van der Waals surface area contributed by atoms with Gasteiger partial charge in [0, 0.05) is 10.9 Å². The first-order valence-corrected chi connectivity index (χ1v) is 5.21. The predicted octanol–water partition coefficient (Wildman–Crippen LogP) is 2.49. The molecular weight excluding hydrogens is 220 g/mol. The van der Waals surface area contributed by atoms with E-state index in [2.05, 4.69) is 4.74 Å². The molecule has 2 rings (SSSR count). The number of aryl methyl sites for hydroxylation is 1. The van der Waals surface area contributed by atoms with E-state index in [1.54, 1.807) is 13.0 Å². The molecule has 0 saturated heterocycles. The molecule has 17 heavy (non-hydrogen) atoms. The Morgan fingerprint density at radius 2 is 2.00 bits per heavy atom. The Hall–Kier alpha value is -2.10. The van der Waals surface area contributed by atoms with Gasteiger partial charge in [0.25, 0.3) is 0 Å². The highest BCUT2D eigenvalue weighted by Gasteiger charge is 2.20. The number of benzene rings is 1. The highest BCUT2D eigenvalue weighted by molar-refractivity contribution is 6.07. The Morgan fingerprint density at radius 1 is 1.29 bits per heavy atom. The lowest BCUT2D eigenvalue weighted by molar-refractivity contribution is -0.139. The molecule has 0 aliphatic heterocycles. The third-order valence-electron chi connectivity index (χ3n) is 2.63. The largest absolute Gasteiger partial charge is 0.469 e. The van der Waals surface area contributed by atoms with Crippen molar-refractivity contribution in [2.24, 2.45) is 0 Å². The van der Waals surface area contributed by atoms with Crippen LogP contribution in [0.25, 0.3) is 11.0 Å². The van der Waals surface area contributed by atoms with Crippen LogP contribution in [0.15, 0.2) is 28.7 Å². The maximum Gasteiger partial charge on any atom is 0.313 e. The first-order valence-electron chi connectivity index (χ1n) is 5.21. The van der Waals surface area contributed by atoms with Crippen LogP contribution in [0.2, 0.25) is 0 Å². The number of rotatable bonds is 3. The summed E-state index contributed by atoms with van der Waals surface area (Å²) >= 11 is 0. The van der Waals surface area contributed by atoms with Crippen molar-refractivity contribution >= 4 is 22.7 Å². The van der Waals surface area contributed by atoms with Crippen molar-refractivity contribution in [3.05, 3.63) is 35.6 Å². The van der Waals surface area contributed by atoms with Gasteiger partial charge in [0.1, 0.15) is 12.0 Å². The summed E-state index contributed by atoms with van der Waals surface area (Å²) in [5.74, 6) is -0.683. The Bertz CT molecular complexity index is 580. The lowest BCUT2D eigenvalue weighted by atomic mass is 10.1. The fourth-order valence-electron chi connectivity index (χ4n) is 1.72. The van der Waals surface area contributed by atoms with Crippen LogP contribution in [0.3, 0.4) is 0 Å². The third kappa shape index (κ3) is 2.06. The average molecular weight is 232 g/mol. The molecule has 1 heterocycles. The summed E-state index contributed by atoms with van der Waals surface area (Å²) in [4.78, 5) is 22.8. The molecule has 1 aromatic carbocycles. The predicted molar refractivity (Wildman–Crippen MR) is 61.9 cm³/mol. The Balaban J connectivity index is 2.39. The number of fused-ring (bicyclic) bond motifs is 1. The van der Waals surface area contributed by atoms with Crippen molar-refractivity contribution in [2.45, 2.75) is 13.3 Å². The van der Waals surface area contributed by atoms with Gasteiger partial charge in [-0.25, -0.2) is 0 Å². The van der Waals surface area contributed by atoms with Gasteiger partial charge in [0.2, 0.25) is 5.78 Å². The summed E-state index contributed by atoms with van der Waals surface area (Å²) < 4.78 is 9.90. The summed E-state index contributed by atoms with van der Waals surface area (Å²) in [5, 5.41) is 0.890. The number of hydrogen-bond acceptors (Lipinski definition) is 4. The molecule has 0 saturated carbocycles. The van der Waals surface area contributed by atoms with Crippen LogP contribution in [0, 0.1) is 6.92 Å². The number of ketones is 1. The molecule has 4 heteroatoms. The van der Waals surface area contributed by atoms with Gasteiger partial charge in [-0.3, -0.25) is 9.59 Å². The summed E-state index contributed by atoms with van der Waals surface area (Å²) in [6.07, 6.45) is -0.294. The van der Waals surface area contributed by atoms with Gasteiger partial charge < -0.3 is 9.15 Å². The Kier molecular flexibility index (Phi) is 2.95. The van der Waals surface area contributed by atoms with Gasteiger partial charge in [-0.1, -0.05) is 18.2 Å². The second-order valence-electron chi connectivity index (χ2n) is 3.73. The molecule has 0 aliphatic carbocycles. The van der Waals surface area contributed by atoms with E-state index in [-0.39, 0.29) is 18.0 Å². The van der Waals surface area contributed by atoms with Gasteiger partial charge >= 0.3 is 5.97 Å². The quantitative estimate of drug-likeness (QED) is 0.463. The van der Waals surface area contributed by atoms with E-state index in [1.807, 2.05) is 18.2 Å². The molecule has 0 aliphatic rings. The number of carbonyl (C=O) groups excluding carboxylic acids is 2. The van der Waals surface area contributed by atoms with Crippen LogP contribution in [-0.2, 0) is 9.53 Å². The lowest BCUT2D eigenvalue weighted by Gasteiger charge is -1.97. The molecule has 0 amide bonds. The number of carbonyl (C=O) groups is 2. The van der Waals surface area contributed by atoms with Gasteiger partial charge in [-0.15, -0.1) is 0 Å². The van der Waals surface area contributed by atoms with Crippen molar-refractivity contribution in [1.82, 2.24) is 0 Å². The SMILES string of the molecule is COC(=O)CC(=O)c1oc2ccccc2c1C. The maximum absolute atomic E-state index is 11.8. The average Bonchev–Trinajstić information content (AvgIpc) is 2.67. The fraction of sp³-hybridized carbons (Fsp3) is 0.231. The van der Waals surface area contributed by atoms with Crippen LogP contribution in [-0.4, -0.2) is 18.9 Å². The zero-order valence-corrected chi connectivity index (χ0v) is 9.65. The highest BCUT2D eigenvalue weighted by Crippen LogP contribution is 2.25. The van der Waals surface area contributed by atoms with Gasteiger partial charge in [0.15, 0.2) is 5.76 Å². The minimum Gasteiger partial charge on any atom is -0.469 e. The summed E-state index contributed by atoms with van der Waals surface area (Å²) in [6.45, 7) is 1.80. The monoisotopic (exact) mass is 232 g/mol. The summed E-state index contributed by atoms with van der Waals surface area (Å²) in [6, 6.07) is 7.37. The van der Waals surface area contributed by atoms with Crippen LogP contribution < -0.4 is 0 Å². The second kappa shape index (κ2) is 4.41. The number of para-hydroxylation sites is 1. The van der Waals surface area contributed by atoms with Crippen molar-refractivity contribution in [3.63, 3.8) is 0 Å². The lowest BCUT2D eigenvalue weighted by Crippen LogP contribution is -2.09. The van der Waals surface area contributed by atoms with E-state index in [1.165, 1.54) is 7.11 Å². The number of hydrogen-bond donors (Lipinski definition) is 0. The molecule has 0 atom stereocenters. The van der Waals surface area contributed by atoms with Crippen molar-refractivity contribution in [2.75, 3.05) is 7.11 Å². The molecule has 0 radical (unpaired) electrons. The third-order valence-corrected chi connectivity index (χ3v) is 2.63. The summed E-state index contributed by atoms with van der Waals surface area (Å²) in [7, 11) is 1.25. The second-order valence-corrected chi connectivity index (χ2v) is 3.73. The molecular formula is C13H12O4. The van der Waals surface area contributed by atoms with E-state index in [0.717, 1.165) is 10.9 Å². The number of methoxy groups -OCH3 is 1. The number of esters is 1. The van der Waals surface area contributed by atoms with Crippen molar-refractivity contribution in [3.8, 4) is 0 Å². The molecule has 88 valence electrons.